The van der Waals surface area contributed by atoms with Crippen LogP contribution >= 0.6 is 0 Å². The summed E-state index contributed by atoms with van der Waals surface area (Å²) in [5.41, 5.74) is 0.689. The van der Waals surface area contributed by atoms with Crippen LogP contribution in [0.3, 0.4) is 0 Å². The molecular weight excluding hydrogens is 329 g/mol. The molecule has 0 aliphatic carbocycles. The van der Waals surface area contributed by atoms with Gasteiger partial charge in [-0.2, -0.15) is 14.6 Å². The third-order valence-electron chi connectivity index (χ3n) is 3.63. The molecule has 0 saturated heterocycles. The van der Waals surface area contributed by atoms with Gasteiger partial charge < -0.3 is 20.7 Å². The number of hydrogen-bond donors (Lipinski definition) is 3. The van der Waals surface area contributed by atoms with Crippen LogP contribution in [0, 0.1) is 5.82 Å². The first kappa shape index (κ1) is 15.1. The van der Waals surface area contributed by atoms with E-state index < -0.39 is 5.82 Å². The summed E-state index contributed by atoms with van der Waals surface area (Å²) in [4.78, 5) is 21.0. The van der Waals surface area contributed by atoms with Crippen LogP contribution in [0.2, 0.25) is 0 Å². The van der Waals surface area contributed by atoms with Crippen LogP contribution < -0.4 is 20.7 Å². The van der Waals surface area contributed by atoms with Gasteiger partial charge in [0.05, 0.1) is 12.7 Å². The first-order chi connectivity index (χ1) is 12.1. The van der Waals surface area contributed by atoms with Crippen LogP contribution in [0.1, 0.15) is 10.4 Å². The number of fused-ring (bicyclic) bond motifs is 3. The van der Waals surface area contributed by atoms with Crippen molar-refractivity contribution >= 4 is 29.0 Å². The lowest BCUT2D eigenvalue weighted by atomic mass is 10.3. The maximum Gasteiger partial charge on any atom is 0.256 e. The van der Waals surface area contributed by atoms with Crippen molar-refractivity contribution in [2.45, 2.75) is 0 Å². The molecule has 10 heteroatoms. The first-order valence-corrected chi connectivity index (χ1v) is 7.56. The summed E-state index contributed by atoms with van der Waals surface area (Å²) in [5.74, 6) is 0.535. The second kappa shape index (κ2) is 5.89. The second-order valence-corrected chi connectivity index (χ2v) is 5.31. The van der Waals surface area contributed by atoms with Crippen molar-refractivity contribution < 1.29 is 13.9 Å². The van der Waals surface area contributed by atoms with E-state index in [1.54, 1.807) is 13.1 Å². The van der Waals surface area contributed by atoms with Crippen molar-refractivity contribution in [3.8, 4) is 5.88 Å². The van der Waals surface area contributed by atoms with Gasteiger partial charge in [0, 0.05) is 25.2 Å². The Bertz CT molecular complexity index is 972. The van der Waals surface area contributed by atoms with Crippen LogP contribution in [0.5, 0.6) is 5.88 Å². The quantitative estimate of drug-likeness (QED) is 0.609. The van der Waals surface area contributed by atoms with Crippen LogP contribution in [0.4, 0.5) is 21.8 Å². The summed E-state index contributed by atoms with van der Waals surface area (Å²) in [6.07, 6.45) is 1.45. The zero-order valence-electron chi connectivity index (χ0n) is 13.2. The zero-order chi connectivity index (χ0) is 17.4. The Morgan fingerprint density at radius 3 is 2.96 bits per heavy atom. The van der Waals surface area contributed by atoms with E-state index in [1.807, 2.05) is 0 Å². The number of hydrogen-bond acceptors (Lipinski definition) is 7. The number of ether oxygens (including phenoxy) is 1. The van der Waals surface area contributed by atoms with Crippen LogP contribution in [0.25, 0.3) is 5.65 Å². The van der Waals surface area contributed by atoms with E-state index in [0.717, 1.165) is 0 Å². The lowest BCUT2D eigenvalue weighted by molar-refractivity contribution is 0.0948. The lowest BCUT2D eigenvalue weighted by Gasteiger charge is -2.10. The molecule has 3 N–H and O–H groups in total. The predicted octanol–water partition coefficient (Wildman–Crippen LogP) is 1.17. The highest BCUT2D eigenvalue weighted by Crippen LogP contribution is 2.23. The van der Waals surface area contributed by atoms with E-state index in [2.05, 4.69) is 31.0 Å². The highest BCUT2D eigenvalue weighted by Gasteiger charge is 2.18. The second-order valence-electron chi connectivity index (χ2n) is 5.31. The van der Waals surface area contributed by atoms with E-state index in [9.17, 15) is 9.18 Å². The smallest absolute Gasteiger partial charge is 0.256 e. The molecular formula is C15H14FN7O2. The van der Waals surface area contributed by atoms with Gasteiger partial charge in [-0.25, -0.2) is 9.37 Å². The fourth-order valence-corrected chi connectivity index (χ4v) is 2.52. The van der Waals surface area contributed by atoms with Gasteiger partial charge in [-0.15, -0.1) is 0 Å². The largest absolute Gasteiger partial charge is 0.476 e. The molecule has 0 saturated carbocycles. The van der Waals surface area contributed by atoms with Crippen LogP contribution in [-0.2, 0) is 0 Å². The van der Waals surface area contributed by atoms with Gasteiger partial charge in [0.1, 0.15) is 35.4 Å². The molecule has 0 aromatic carbocycles. The fraction of sp³-hybridized carbons (Fsp3) is 0.200. The number of nitrogens with one attached hydrogen (secondary N) is 3. The molecule has 128 valence electrons. The highest BCUT2D eigenvalue weighted by atomic mass is 19.1. The average molecular weight is 343 g/mol. The van der Waals surface area contributed by atoms with Gasteiger partial charge in [-0.1, -0.05) is 0 Å². The van der Waals surface area contributed by atoms with E-state index in [-0.39, 0.29) is 30.8 Å². The number of halogens is 1. The predicted molar refractivity (Wildman–Crippen MR) is 87.8 cm³/mol. The number of aromatic nitrogens is 4. The van der Waals surface area contributed by atoms with Crippen molar-refractivity contribution in [1.82, 2.24) is 24.9 Å². The first-order valence-electron chi connectivity index (χ1n) is 7.56. The summed E-state index contributed by atoms with van der Waals surface area (Å²) >= 11 is 0. The molecule has 0 fully saturated rings. The van der Waals surface area contributed by atoms with Crippen molar-refractivity contribution in [1.29, 1.82) is 0 Å². The van der Waals surface area contributed by atoms with Crippen LogP contribution in [-0.4, -0.2) is 45.7 Å². The molecule has 25 heavy (non-hydrogen) atoms. The molecule has 0 atom stereocenters. The Kier molecular flexibility index (Phi) is 3.56. The normalized spacial score (nSPS) is 13.9. The fourth-order valence-electron chi connectivity index (χ4n) is 2.52. The minimum absolute atomic E-state index is 0.119. The van der Waals surface area contributed by atoms with Crippen molar-refractivity contribution in [2.75, 3.05) is 30.8 Å². The third-order valence-corrected chi connectivity index (χ3v) is 3.63. The molecule has 4 rings (SSSR count). The average Bonchev–Trinajstić information content (AvgIpc) is 3.00. The Morgan fingerprint density at radius 2 is 2.12 bits per heavy atom. The topological polar surface area (TPSA) is 105 Å². The number of amides is 1. The van der Waals surface area contributed by atoms with Crippen LogP contribution in [0.15, 0.2) is 24.4 Å². The summed E-state index contributed by atoms with van der Waals surface area (Å²) < 4.78 is 20.7. The number of rotatable bonds is 1. The molecule has 1 amide bonds. The maximum atomic E-state index is 13.8. The summed E-state index contributed by atoms with van der Waals surface area (Å²) in [7, 11) is 1.72. The molecule has 3 aromatic heterocycles. The third kappa shape index (κ3) is 2.77. The summed E-state index contributed by atoms with van der Waals surface area (Å²) in [6, 6.07) is 4.09. The maximum absolute atomic E-state index is 13.8. The Hall–Kier alpha value is -3.43. The number of anilines is 3. The van der Waals surface area contributed by atoms with Crippen molar-refractivity contribution in [2.24, 2.45) is 0 Å². The van der Waals surface area contributed by atoms with E-state index in [1.165, 1.54) is 22.8 Å². The minimum Gasteiger partial charge on any atom is -0.476 e. The Balaban J connectivity index is 1.89. The number of pyridine rings is 1. The molecule has 0 spiro atoms. The number of carbonyl (C=O) groups excluding carboxylic acids is 1. The van der Waals surface area contributed by atoms with Gasteiger partial charge in [0.15, 0.2) is 5.65 Å². The van der Waals surface area contributed by atoms with E-state index in [0.29, 0.717) is 22.8 Å². The number of carbonyl (C=O) groups is 1. The molecule has 9 nitrogen and oxygen atoms in total. The number of nitrogens with zero attached hydrogens (tertiary/aromatic N) is 4. The van der Waals surface area contributed by atoms with Gasteiger partial charge >= 0.3 is 0 Å². The van der Waals surface area contributed by atoms with Gasteiger partial charge in [0.2, 0.25) is 5.88 Å². The zero-order valence-corrected chi connectivity index (χ0v) is 13.2. The Labute approximate surface area is 141 Å². The molecule has 0 radical (unpaired) electrons. The van der Waals surface area contributed by atoms with E-state index in [4.69, 9.17) is 4.74 Å². The molecule has 3 aromatic rings. The van der Waals surface area contributed by atoms with Gasteiger partial charge in [-0.3, -0.25) is 4.79 Å². The minimum atomic E-state index is -0.494. The monoisotopic (exact) mass is 343 g/mol. The Morgan fingerprint density at radius 1 is 1.28 bits per heavy atom. The molecule has 1 aliphatic heterocycles. The standard InChI is InChI=1S/C15H14FN7O2/c1-17-12-6-11-20-10-4-8(16)5-13(21-10)25-3-2-18-15(24)9-7-19-23(12)14(9)22-11/h4-7,17H,2-3H2,1H3,(H,18,24)(H,20,21,22). The van der Waals surface area contributed by atoms with Crippen molar-refractivity contribution in [3.63, 3.8) is 0 Å². The molecule has 1 aliphatic rings. The molecule has 4 bridgehead atoms. The lowest BCUT2D eigenvalue weighted by Crippen LogP contribution is -2.28. The molecule has 0 unspecified atom stereocenters. The van der Waals surface area contributed by atoms with Gasteiger partial charge in [-0.05, 0) is 0 Å². The summed E-state index contributed by atoms with van der Waals surface area (Å²) in [5, 5.41) is 12.8. The van der Waals surface area contributed by atoms with Gasteiger partial charge in [0.25, 0.3) is 5.91 Å². The molecule has 4 heterocycles. The van der Waals surface area contributed by atoms with Crippen molar-refractivity contribution in [3.05, 3.63) is 35.8 Å². The van der Waals surface area contributed by atoms with E-state index >= 15 is 0 Å². The SMILES string of the molecule is CNc1cc2nc3c(cnn13)C(=O)NCCOc1cc(F)cc(n1)N2. The highest BCUT2D eigenvalue weighted by molar-refractivity contribution is 6.00. The summed E-state index contributed by atoms with van der Waals surface area (Å²) in [6.45, 7) is 0.383.